The third-order valence-corrected chi connectivity index (χ3v) is 3.32. The standard InChI is InChI=1S/C13H13NO2S/c1-10-13(17-9-14-10)11-4-2-5-12(8-11)16-7-3-6-15/h2,4-6,8-9H,3,7H2,1H3. The first-order valence-corrected chi connectivity index (χ1v) is 6.26. The molecule has 0 atom stereocenters. The van der Waals surface area contributed by atoms with Crippen molar-refractivity contribution in [1.29, 1.82) is 0 Å². The summed E-state index contributed by atoms with van der Waals surface area (Å²) in [6, 6.07) is 7.85. The third-order valence-electron chi connectivity index (χ3n) is 2.35. The predicted molar refractivity (Wildman–Crippen MR) is 68.5 cm³/mol. The van der Waals surface area contributed by atoms with Gasteiger partial charge in [0.25, 0.3) is 0 Å². The predicted octanol–water partition coefficient (Wildman–Crippen LogP) is 3.09. The smallest absolute Gasteiger partial charge is 0.123 e. The molecule has 0 fully saturated rings. The molecule has 0 spiro atoms. The second kappa shape index (κ2) is 5.59. The Morgan fingerprint density at radius 1 is 1.47 bits per heavy atom. The Kier molecular flexibility index (Phi) is 3.88. The number of aryl methyl sites for hydroxylation is 1. The molecule has 1 aromatic heterocycles. The molecule has 0 aliphatic carbocycles. The molecule has 0 saturated heterocycles. The normalized spacial score (nSPS) is 10.2. The van der Waals surface area contributed by atoms with E-state index in [2.05, 4.69) is 4.98 Å². The van der Waals surface area contributed by atoms with E-state index in [0.717, 1.165) is 28.2 Å². The van der Waals surface area contributed by atoms with Crippen LogP contribution in [0.5, 0.6) is 5.75 Å². The van der Waals surface area contributed by atoms with Crippen LogP contribution in [0.25, 0.3) is 10.4 Å². The van der Waals surface area contributed by atoms with Crippen molar-refractivity contribution in [3.63, 3.8) is 0 Å². The fourth-order valence-corrected chi connectivity index (χ4v) is 2.33. The Bertz CT molecular complexity index is 508. The van der Waals surface area contributed by atoms with Crippen molar-refractivity contribution in [1.82, 2.24) is 4.98 Å². The second-order valence-electron chi connectivity index (χ2n) is 3.60. The van der Waals surface area contributed by atoms with Crippen LogP contribution in [0.4, 0.5) is 0 Å². The zero-order chi connectivity index (χ0) is 12.1. The van der Waals surface area contributed by atoms with Crippen molar-refractivity contribution in [3.05, 3.63) is 35.5 Å². The van der Waals surface area contributed by atoms with Gasteiger partial charge in [0, 0.05) is 6.42 Å². The van der Waals surface area contributed by atoms with Gasteiger partial charge in [-0.25, -0.2) is 4.98 Å². The van der Waals surface area contributed by atoms with Crippen LogP contribution < -0.4 is 4.74 Å². The minimum absolute atomic E-state index is 0.420. The second-order valence-corrected chi connectivity index (χ2v) is 4.45. The van der Waals surface area contributed by atoms with Crippen molar-refractivity contribution in [3.8, 4) is 16.2 Å². The largest absolute Gasteiger partial charge is 0.493 e. The van der Waals surface area contributed by atoms with E-state index in [9.17, 15) is 4.79 Å². The number of hydrogen-bond acceptors (Lipinski definition) is 4. The van der Waals surface area contributed by atoms with Gasteiger partial charge in [-0.1, -0.05) is 12.1 Å². The van der Waals surface area contributed by atoms with Crippen LogP contribution in [0.1, 0.15) is 12.1 Å². The zero-order valence-electron chi connectivity index (χ0n) is 9.55. The average Bonchev–Trinajstić information content (AvgIpc) is 2.76. The van der Waals surface area contributed by atoms with Crippen molar-refractivity contribution in [2.24, 2.45) is 0 Å². The molecule has 0 radical (unpaired) electrons. The molecule has 0 bridgehead atoms. The molecule has 3 nitrogen and oxygen atoms in total. The van der Waals surface area contributed by atoms with Gasteiger partial charge in [-0.3, -0.25) is 0 Å². The molecular formula is C13H13NO2S. The van der Waals surface area contributed by atoms with E-state index in [1.54, 1.807) is 11.3 Å². The van der Waals surface area contributed by atoms with E-state index >= 15 is 0 Å². The quantitative estimate of drug-likeness (QED) is 0.602. The van der Waals surface area contributed by atoms with Crippen LogP contribution in [0.2, 0.25) is 0 Å². The van der Waals surface area contributed by atoms with Gasteiger partial charge in [0.1, 0.15) is 12.0 Å². The van der Waals surface area contributed by atoms with E-state index in [4.69, 9.17) is 4.74 Å². The van der Waals surface area contributed by atoms with Gasteiger partial charge < -0.3 is 9.53 Å². The first-order chi connectivity index (χ1) is 8.31. The number of benzene rings is 1. The molecule has 2 rings (SSSR count). The van der Waals surface area contributed by atoms with Crippen LogP contribution in [0.15, 0.2) is 29.8 Å². The summed E-state index contributed by atoms with van der Waals surface area (Å²) in [5.41, 5.74) is 3.97. The fourth-order valence-electron chi connectivity index (χ4n) is 1.53. The number of aromatic nitrogens is 1. The Hall–Kier alpha value is -1.68. The van der Waals surface area contributed by atoms with Crippen LogP contribution >= 0.6 is 11.3 Å². The Morgan fingerprint density at radius 3 is 3.06 bits per heavy atom. The highest BCUT2D eigenvalue weighted by molar-refractivity contribution is 7.13. The van der Waals surface area contributed by atoms with Gasteiger partial charge in [-0.05, 0) is 24.6 Å². The van der Waals surface area contributed by atoms with Gasteiger partial charge in [0.15, 0.2) is 0 Å². The maximum Gasteiger partial charge on any atom is 0.123 e. The van der Waals surface area contributed by atoms with Crippen molar-refractivity contribution in [2.45, 2.75) is 13.3 Å². The molecule has 0 aliphatic rings. The molecule has 0 N–H and O–H groups in total. The van der Waals surface area contributed by atoms with Crippen molar-refractivity contribution < 1.29 is 9.53 Å². The van der Waals surface area contributed by atoms with Crippen LogP contribution in [-0.2, 0) is 4.79 Å². The highest BCUT2D eigenvalue weighted by atomic mass is 32.1. The SMILES string of the molecule is Cc1ncsc1-c1cccc(OCCC=O)c1. The number of thiazole rings is 1. The maximum absolute atomic E-state index is 10.2. The first kappa shape index (κ1) is 11.8. The van der Waals surface area contributed by atoms with Crippen molar-refractivity contribution >= 4 is 17.6 Å². The van der Waals surface area contributed by atoms with Crippen molar-refractivity contribution in [2.75, 3.05) is 6.61 Å². The minimum Gasteiger partial charge on any atom is -0.493 e. The van der Waals surface area contributed by atoms with Gasteiger partial charge >= 0.3 is 0 Å². The highest BCUT2D eigenvalue weighted by Gasteiger charge is 2.05. The maximum atomic E-state index is 10.2. The van der Waals surface area contributed by atoms with Gasteiger partial charge in [-0.15, -0.1) is 11.3 Å². The Labute approximate surface area is 104 Å². The average molecular weight is 247 g/mol. The summed E-state index contributed by atoms with van der Waals surface area (Å²) in [7, 11) is 0. The summed E-state index contributed by atoms with van der Waals surface area (Å²) in [5.74, 6) is 0.789. The molecule has 0 amide bonds. The molecule has 0 unspecified atom stereocenters. The summed E-state index contributed by atoms with van der Waals surface area (Å²) in [5, 5.41) is 0. The molecule has 0 saturated carbocycles. The fraction of sp³-hybridized carbons (Fsp3) is 0.231. The van der Waals surface area contributed by atoms with Gasteiger partial charge in [-0.2, -0.15) is 0 Å². The van der Waals surface area contributed by atoms with Gasteiger partial charge in [0.2, 0.25) is 0 Å². The summed E-state index contributed by atoms with van der Waals surface area (Å²) < 4.78 is 5.48. The lowest BCUT2D eigenvalue weighted by Crippen LogP contribution is -1.97. The molecule has 2 aromatic rings. The summed E-state index contributed by atoms with van der Waals surface area (Å²) in [4.78, 5) is 15.6. The number of carbonyl (C=O) groups excluding carboxylic acids is 1. The lowest BCUT2D eigenvalue weighted by atomic mass is 10.1. The molecule has 4 heteroatoms. The molecule has 17 heavy (non-hydrogen) atoms. The highest BCUT2D eigenvalue weighted by Crippen LogP contribution is 2.29. The van der Waals surface area contributed by atoms with Crippen LogP contribution in [0, 0.1) is 6.92 Å². The lowest BCUT2D eigenvalue weighted by Gasteiger charge is -2.06. The Morgan fingerprint density at radius 2 is 2.35 bits per heavy atom. The van der Waals surface area contributed by atoms with E-state index in [1.807, 2.05) is 36.7 Å². The number of rotatable bonds is 5. The molecule has 88 valence electrons. The molecule has 1 aromatic carbocycles. The Balaban J connectivity index is 2.17. The van der Waals surface area contributed by atoms with Crippen LogP contribution in [-0.4, -0.2) is 17.9 Å². The number of carbonyl (C=O) groups is 1. The lowest BCUT2D eigenvalue weighted by molar-refractivity contribution is -0.108. The summed E-state index contributed by atoms with van der Waals surface area (Å²) >= 11 is 1.62. The summed E-state index contributed by atoms with van der Waals surface area (Å²) in [6.45, 7) is 2.42. The summed E-state index contributed by atoms with van der Waals surface area (Å²) in [6.07, 6.45) is 1.28. The van der Waals surface area contributed by atoms with E-state index < -0.39 is 0 Å². The molecule has 0 aliphatic heterocycles. The number of ether oxygens (including phenoxy) is 1. The van der Waals surface area contributed by atoms with E-state index in [1.165, 1.54) is 0 Å². The number of hydrogen-bond donors (Lipinski definition) is 0. The van der Waals surface area contributed by atoms with E-state index in [-0.39, 0.29) is 0 Å². The monoisotopic (exact) mass is 247 g/mol. The zero-order valence-corrected chi connectivity index (χ0v) is 10.4. The molecule has 1 heterocycles. The van der Waals surface area contributed by atoms with Gasteiger partial charge in [0.05, 0.1) is 22.7 Å². The first-order valence-electron chi connectivity index (χ1n) is 5.38. The van der Waals surface area contributed by atoms with Crippen LogP contribution in [0.3, 0.4) is 0 Å². The van der Waals surface area contributed by atoms with E-state index in [0.29, 0.717) is 13.0 Å². The minimum atomic E-state index is 0.420. The third kappa shape index (κ3) is 2.91. The topological polar surface area (TPSA) is 39.2 Å². The molecular weight excluding hydrogens is 234 g/mol. The number of nitrogens with zero attached hydrogens (tertiary/aromatic N) is 1. The number of aldehydes is 1.